The molecule has 1 atom stereocenters. The smallest absolute Gasteiger partial charge is 0.193 e. The molecule has 3 heterocycles. The number of rotatable bonds is 4. The van der Waals surface area contributed by atoms with Gasteiger partial charge in [-0.1, -0.05) is 0 Å². The molecule has 152 valence electrons. The SMILES string of the molecule is CN=C(NCC(c1ccc(C)o1)N1CCCC1)N1CCS(=O)(=O)C(C)(C)C1. The minimum Gasteiger partial charge on any atom is -0.465 e. The number of hydrogen-bond acceptors (Lipinski definition) is 5. The van der Waals surface area contributed by atoms with E-state index < -0.39 is 14.6 Å². The zero-order valence-corrected chi connectivity index (χ0v) is 17.7. The molecule has 0 spiro atoms. The van der Waals surface area contributed by atoms with Crippen molar-refractivity contribution in [3.63, 3.8) is 0 Å². The second-order valence-corrected chi connectivity index (χ2v) is 10.9. The molecule has 7 nitrogen and oxygen atoms in total. The predicted molar refractivity (Wildman–Crippen MR) is 108 cm³/mol. The molecule has 1 unspecified atom stereocenters. The molecular formula is C19H32N4O3S. The summed E-state index contributed by atoms with van der Waals surface area (Å²) in [6.07, 6.45) is 2.42. The van der Waals surface area contributed by atoms with Gasteiger partial charge in [0.25, 0.3) is 0 Å². The van der Waals surface area contributed by atoms with Gasteiger partial charge >= 0.3 is 0 Å². The van der Waals surface area contributed by atoms with Crippen LogP contribution in [0.1, 0.15) is 44.3 Å². The summed E-state index contributed by atoms with van der Waals surface area (Å²) in [5.41, 5.74) is 0. The van der Waals surface area contributed by atoms with Crippen LogP contribution in [0.4, 0.5) is 0 Å². The Morgan fingerprint density at radius 3 is 2.56 bits per heavy atom. The Morgan fingerprint density at radius 1 is 1.30 bits per heavy atom. The van der Waals surface area contributed by atoms with Crippen molar-refractivity contribution in [2.24, 2.45) is 4.99 Å². The average molecular weight is 397 g/mol. The molecule has 2 fully saturated rings. The van der Waals surface area contributed by atoms with Gasteiger partial charge in [-0.25, -0.2) is 8.42 Å². The second kappa shape index (κ2) is 7.83. The van der Waals surface area contributed by atoms with Crippen molar-refractivity contribution in [3.8, 4) is 0 Å². The fourth-order valence-corrected chi connectivity index (χ4v) is 5.31. The molecule has 2 aliphatic rings. The summed E-state index contributed by atoms with van der Waals surface area (Å²) in [5, 5.41) is 3.47. The van der Waals surface area contributed by atoms with Crippen LogP contribution in [-0.2, 0) is 9.84 Å². The van der Waals surface area contributed by atoms with Gasteiger partial charge in [-0.15, -0.1) is 0 Å². The van der Waals surface area contributed by atoms with Crippen molar-refractivity contribution >= 4 is 15.8 Å². The van der Waals surface area contributed by atoms with Gasteiger partial charge in [0, 0.05) is 26.7 Å². The van der Waals surface area contributed by atoms with E-state index in [1.54, 1.807) is 20.9 Å². The summed E-state index contributed by atoms with van der Waals surface area (Å²) < 4.78 is 29.7. The monoisotopic (exact) mass is 396 g/mol. The fourth-order valence-electron chi connectivity index (χ4n) is 3.94. The van der Waals surface area contributed by atoms with Crippen LogP contribution >= 0.6 is 0 Å². The minimum atomic E-state index is -3.07. The first-order chi connectivity index (χ1) is 12.7. The Balaban J connectivity index is 1.70. The Morgan fingerprint density at radius 2 is 2.00 bits per heavy atom. The van der Waals surface area contributed by atoms with E-state index in [9.17, 15) is 8.42 Å². The number of furan rings is 1. The number of hydrogen-bond donors (Lipinski definition) is 1. The largest absolute Gasteiger partial charge is 0.465 e. The normalized spacial score (nSPS) is 24.1. The van der Waals surface area contributed by atoms with E-state index in [-0.39, 0.29) is 11.8 Å². The van der Waals surface area contributed by atoms with Crippen molar-refractivity contribution < 1.29 is 12.8 Å². The second-order valence-electron chi connectivity index (χ2n) is 8.14. The molecule has 8 heteroatoms. The standard InChI is InChI=1S/C19H32N4O3S/c1-15-7-8-17(26-15)16(22-9-5-6-10-22)13-21-18(20-4)23-11-12-27(24,25)19(2,3)14-23/h7-8,16H,5-6,9-14H2,1-4H3,(H,20,21). The maximum atomic E-state index is 12.3. The van der Waals surface area contributed by atoms with E-state index in [2.05, 4.69) is 26.2 Å². The number of guanidine groups is 1. The number of nitrogens with zero attached hydrogens (tertiary/aromatic N) is 3. The summed E-state index contributed by atoms with van der Waals surface area (Å²) in [5.74, 6) is 2.80. The van der Waals surface area contributed by atoms with Crippen molar-refractivity contribution in [2.75, 3.05) is 45.5 Å². The van der Waals surface area contributed by atoms with Crippen LogP contribution in [0.15, 0.2) is 21.5 Å². The highest BCUT2D eigenvalue weighted by Gasteiger charge is 2.41. The fraction of sp³-hybridized carbons (Fsp3) is 0.737. The van der Waals surface area contributed by atoms with Crippen LogP contribution in [-0.4, -0.2) is 74.4 Å². The predicted octanol–water partition coefficient (Wildman–Crippen LogP) is 1.81. The summed E-state index contributed by atoms with van der Waals surface area (Å²) in [4.78, 5) is 8.91. The van der Waals surface area contributed by atoms with Crippen LogP contribution in [0.5, 0.6) is 0 Å². The third-order valence-corrected chi connectivity index (χ3v) is 8.21. The Bertz CT molecular complexity index is 779. The van der Waals surface area contributed by atoms with Crippen LogP contribution in [0.2, 0.25) is 0 Å². The molecule has 0 bridgehead atoms. The first kappa shape index (κ1) is 20.2. The van der Waals surface area contributed by atoms with E-state index in [1.165, 1.54) is 12.8 Å². The van der Waals surface area contributed by atoms with Crippen molar-refractivity contribution in [1.82, 2.24) is 15.1 Å². The molecule has 1 N–H and O–H groups in total. The Kier molecular flexibility index (Phi) is 5.86. The van der Waals surface area contributed by atoms with E-state index in [0.717, 1.165) is 30.6 Å². The molecule has 3 rings (SSSR count). The number of aliphatic imine (C=N–C) groups is 1. The van der Waals surface area contributed by atoms with E-state index in [1.807, 2.05) is 13.0 Å². The lowest BCUT2D eigenvalue weighted by atomic mass is 10.2. The highest BCUT2D eigenvalue weighted by molar-refractivity contribution is 7.92. The lowest BCUT2D eigenvalue weighted by molar-refractivity contribution is 0.211. The number of aryl methyl sites for hydroxylation is 1. The summed E-state index contributed by atoms with van der Waals surface area (Å²) in [6, 6.07) is 4.21. The molecule has 2 saturated heterocycles. The zero-order chi connectivity index (χ0) is 19.7. The molecule has 0 aliphatic carbocycles. The Labute approximate surface area is 162 Å². The third-order valence-electron chi connectivity index (χ3n) is 5.68. The zero-order valence-electron chi connectivity index (χ0n) is 16.9. The number of sulfone groups is 1. The quantitative estimate of drug-likeness (QED) is 0.618. The van der Waals surface area contributed by atoms with Gasteiger partial charge in [0.15, 0.2) is 15.8 Å². The highest BCUT2D eigenvalue weighted by Crippen LogP contribution is 2.27. The van der Waals surface area contributed by atoms with Gasteiger partial charge < -0.3 is 14.6 Å². The third kappa shape index (κ3) is 4.32. The minimum absolute atomic E-state index is 0.152. The van der Waals surface area contributed by atoms with Crippen LogP contribution in [0.3, 0.4) is 0 Å². The molecule has 27 heavy (non-hydrogen) atoms. The molecular weight excluding hydrogens is 364 g/mol. The van der Waals surface area contributed by atoms with Gasteiger partial charge in [-0.3, -0.25) is 9.89 Å². The summed E-state index contributed by atoms with van der Waals surface area (Å²) >= 11 is 0. The average Bonchev–Trinajstić information content (AvgIpc) is 3.27. The van der Waals surface area contributed by atoms with Gasteiger partial charge in [0.05, 0.1) is 16.5 Å². The lowest BCUT2D eigenvalue weighted by Gasteiger charge is -2.39. The van der Waals surface area contributed by atoms with Crippen molar-refractivity contribution in [3.05, 3.63) is 23.7 Å². The maximum absolute atomic E-state index is 12.3. The molecule has 1 aromatic heterocycles. The maximum Gasteiger partial charge on any atom is 0.193 e. The lowest BCUT2D eigenvalue weighted by Crippen LogP contribution is -2.57. The van der Waals surface area contributed by atoms with Gasteiger partial charge in [-0.05, 0) is 58.8 Å². The van der Waals surface area contributed by atoms with E-state index >= 15 is 0 Å². The molecule has 0 amide bonds. The van der Waals surface area contributed by atoms with Crippen LogP contribution < -0.4 is 5.32 Å². The van der Waals surface area contributed by atoms with Gasteiger partial charge in [0.1, 0.15) is 11.5 Å². The van der Waals surface area contributed by atoms with Crippen molar-refractivity contribution in [1.29, 1.82) is 0 Å². The molecule has 2 aliphatic heterocycles. The first-order valence-corrected chi connectivity index (χ1v) is 11.4. The Hall–Kier alpha value is -1.54. The van der Waals surface area contributed by atoms with E-state index in [0.29, 0.717) is 19.6 Å². The molecule has 0 aromatic carbocycles. The number of likely N-dealkylation sites (tertiary alicyclic amines) is 1. The molecule has 0 saturated carbocycles. The summed E-state index contributed by atoms with van der Waals surface area (Å²) in [6.45, 7) is 9.29. The summed E-state index contributed by atoms with van der Waals surface area (Å²) in [7, 11) is -1.32. The van der Waals surface area contributed by atoms with E-state index in [4.69, 9.17) is 4.42 Å². The van der Waals surface area contributed by atoms with Crippen LogP contribution in [0, 0.1) is 6.92 Å². The highest BCUT2D eigenvalue weighted by atomic mass is 32.2. The first-order valence-electron chi connectivity index (χ1n) is 9.72. The van der Waals surface area contributed by atoms with Gasteiger partial charge in [0.2, 0.25) is 0 Å². The van der Waals surface area contributed by atoms with Crippen LogP contribution in [0.25, 0.3) is 0 Å². The molecule has 1 aromatic rings. The molecule has 0 radical (unpaired) electrons. The topological polar surface area (TPSA) is 78.2 Å². The number of nitrogens with one attached hydrogen (secondary N) is 1. The van der Waals surface area contributed by atoms with Crippen molar-refractivity contribution in [2.45, 2.75) is 44.4 Å². The van der Waals surface area contributed by atoms with Gasteiger partial charge in [-0.2, -0.15) is 0 Å².